The zero-order valence-electron chi connectivity index (χ0n) is 37.2. The maximum atomic E-state index is 14.5. The number of allylic oxidation sites excluding steroid dienone is 1. The summed E-state index contributed by atoms with van der Waals surface area (Å²) in [5.74, 6) is 0.317. The molecule has 0 radical (unpaired) electrons. The monoisotopic (exact) mass is 876 g/mol. The summed E-state index contributed by atoms with van der Waals surface area (Å²) in [7, 11) is 1.41. The van der Waals surface area contributed by atoms with E-state index < -0.39 is 29.4 Å². The molecule has 63 heavy (non-hydrogen) atoms. The highest BCUT2D eigenvalue weighted by Crippen LogP contribution is 2.62. The number of benzene rings is 4. The van der Waals surface area contributed by atoms with Crippen LogP contribution in [0.25, 0.3) is 10.8 Å². The Balaban J connectivity index is 1.41. The van der Waals surface area contributed by atoms with Gasteiger partial charge in [0.1, 0.15) is 23.1 Å². The zero-order chi connectivity index (χ0) is 44.4. The molecular formula is C52H64N2O8S. The van der Waals surface area contributed by atoms with Gasteiger partial charge in [-0.3, -0.25) is 4.90 Å². The summed E-state index contributed by atoms with van der Waals surface area (Å²) in [5.41, 5.74) is 3.08. The summed E-state index contributed by atoms with van der Waals surface area (Å²) in [6.07, 6.45) is 8.55. The molecule has 1 fully saturated rings. The van der Waals surface area contributed by atoms with E-state index in [0.717, 1.165) is 70.4 Å². The minimum Gasteiger partial charge on any atom is -0.493 e. The summed E-state index contributed by atoms with van der Waals surface area (Å²) < 4.78 is 26.7. The van der Waals surface area contributed by atoms with Crippen molar-refractivity contribution in [1.29, 1.82) is 0 Å². The summed E-state index contributed by atoms with van der Waals surface area (Å²) in [6.45, 7) is 11.1. The van der Waals surface area contributed by atoms with Crippen molar-refractivity contribution >= 4 is 34.3 Å². The number of fused-ring (bicyclic) bond motifs is 3. The fourth-order valence-corrected chi connectivity index (χ4v) is 10.6. The van der Waals surface area contributed by atoms with Crippen LogP contribution < -0.4 is 9.47 Å². The molecule has 1 saturated carbocycles. The van der Waals surface area contributed by atoms with Crippen LogP contribution in [0.5, 0.6) is 11.5 Å². The molecule has 2 aliphatic carbocycles. The van der Waals surface area contributed by atoms with E-state index in [1.54, 1.807) is 22.7 Å². The predicted molar refractivity (Wildman–Crippen MR) is 250 cm³/mol. The Hall–Kier alpha value is -4.81. The van der Waals surface area contributed by atoms with Gasteiger partial charge in [0.15, 0.2) is 0 Å². The number of carbonyl (C=O) groups excluding carboxylic acids is 1. The minimum absolute atomic E-state index is 0.0791. The van der Waals surface area contributed by atoms with Crippen LogP contribution in [0.4, 0.5) is 4.79 Å². The van der Waals surface area contributed by atoms with Crippen molar-refractivity contribution in [2.45, 2.75) is 101 Å². The lowest BCUT2D eigenvalue weighted by atomic mass is 9.55. The van der Waals surface area contributed by atoms with Gasteiger partial charge in [-0.05, 0) is 111 Å². The number of amides is 1. The molecular weight excluding hydrogens is 813 g/mol. The van der Waals surface area contributed by atoms with Crippen LogP contribution in [0.2, 0.25) is 0 Å². The van der Waals surface area contributed by atoms with Gasteiger partial charge in [-0.25, -0.2) is 4.79 Å². The second kappa shape index (κ2) is 21.2. The molecule has 0 bridgehead atoms. The van der Waals surface area contributed by atoms with E-state index in [2.05, 4.69) is 55.1 Å². The van der Waals surface area contributed by atoms with Crippen molar-refractivity contribution < 1.29 is 38.8 Å². The highest BCUT2D eigenvalue weighted by Gasteiger charge is 2.65. The van der Waals surface area contributed by atoms with E-state index >= 15 is 0 Å². The lowest BCUT2D eigenvalue weighted by Gasteiger charge is -2.60. The number of oxime groups is 1. The van der Waals surface area contributed by atoms with Crippen LogP contribution in [0, 0.1) is 17.8 Å². The minimum atomic E-state index is -1.42. The normalized spacial score (nSPS) is 23.2. The highest BCUT2D eigenvalue weighted by atomic mass is 32.2. The fraction of sp³-hybridized carbons (Fsp3) is 0.462. The molecule has 2 N–H and O–H groups in total. The molecule has 4 aromatic carbocycles. The van der Waals surface area contributed by atoms with E-state index in [4.69, 9.17) is 28.9 Å². The van der Waals surface area contributed by atoms with Crippen molar-refractivity contribution in [3.63, 3.8) is 0 Å². The van der Waals surface area contributed by atoms with Gasteiger partial charge in [-0.15, -0.1) is 18.3 Å². The second-order valence-corrected chi connectivity index (χ2v) is 18.9. The first kappa shape index (κ1) is 46.2. The fourth-order valence-electron chi connectivity index (χ4n) is 9.80. The Labute approximate surface area is 377 Å². The average Bonchev–Trinajstić information content (AvgIpc) is 3.29. The smallest absolute Gasteiger partial charge is 0.410 e. The number of thioether (sulfide) groups is 1. The first-order valence-corrected chi connectivity index (χ1v) is 23.5. The number of ether oxygens (including phenoxy) is 4. The number of unbranched alkanes of at least 4 members (excludes halogenated alkanes) is 2. The van der Waals surface area contributed by atoms with E-state index in [1.807, 2.05) is 69.3 Å². The van der Waals surface area contributed by atoms with Crippen LogP contribution >= 0.6 is 11.8 Å². The molecule has 336 valence electrons. The zero-order valence-corrected chi connectivity index (χ0v) is 38.1. The van der Waals surface area contributed by atoms with Gasteiger partial charge in [0.25, 0.3) is 0 Å². The van der Waals surface area contributed by atoms with Gasteiger partial charge < -0.3 is 34.0 Å². The highest BCUT2D eigenvalue weighted by molar-refractivity contribution is 7.99. The van der Waals surface area contributed by atoms with Gasteiger partial charge in [0.2, 0.25) is 5.79 Å². The third kappa shape index (κ3) is 10.6. The summed E-state index contributed by atoms with van der Waals surface area (Å²) in [5, 5.41) is 27.0. The number of aliphatic hydroxyl groups excluding tert-OH is 2. The third-order valence-corrected chi connectivity index (χ3v) is 13.4. The molecule has 1 aliphatic heterocycles. The molecule has 0 aromatic heterocycles. The molecule has 11 heteroatoms. The second-order valence-electron chi connectivity index (χ2n) is 17.7. The number of nitrogens with zero attached hydrogens (tertiary/aromatic N) is 2. The molecule has 6 atom stereocenters. The Bertz CT molecular complexity index is 2220. The van der Waals surface area contributed by atoms with Crippen molar-refractivity contribution in [2.75, 3.05) is 39.3 Å². The Morgan fingerprint density at radius 1 is 0.968 bits per heavy atom. The number of hydrogen-bond donors (Lipinski definition) is 2. The number of carbonyl (C=O) groups is 1. The summed E-state index contributed by atoms with van der Waals surface area (Å²) in [4.78, 5) is 23.7. The summed E-state index contributed by atoms with van der Waals surface area (Å²) in [6, 6.07) is 30.0. The molecule has 4 aromatic rings. The Morgan fingerprint density at radius 3 is 2.46 bits per heavy atom. The first-order valence-electron chi connectivity index (χ1n) is 22.5. The predicted octanol–water partition coefficient (Wildman–Crippen LogP) is 10.7. The van der Waals surface area contributed by atoms with E-state index in [0.29, 0.717) is 25.2 Å². The van der Waals surface area contributed by atoms with Gasteiger partial charge in [0, 0.05) is 41.8 Å². The van der Waals surface area contributed by atoms with Crippen molar-refractivity contribution in [3.05, 3.63) is 126 Å². The Morgan fingerprint density at radius 2 is 1.71 bits per heavy atom. The van der Waals surface area contributed by atoms with Crippen LogP contribution in [-0.4, -0.2) is 83.6 Å². The molecule has 10 nitrogen and oxygen atoms in total. The Kier molecular flexibility index (Phi) is 15.6. The third-order valence-electron chi connectivity index (χ3n) is 12.4. The summed E-state index contributed by atoms with van der Waals surface area (Å²) >= 11 is 1.75. The van der Waals surface area contributed by atoms with E-state index in [-0.39, 0.29) is 50.5 Å². The number of aliphatic hydroxyl groups is 2. The maximum absolute atomic E-state index is 14.5. The standard InChI is InChI=1S/C52H64N2O8S/c1-6-29-60-52-47(54(50(57)58-5)35-38-20-16-19-36-17-10-11-23-41(36)38)34-45(53-62-51(2,3)4)43-32-37(18-12-14-27-55)42(24-13-15-28-56)48(49(43)52)44-33-39(25-26-46(44)61-52)59-30-31-63-40-21-8-7-9-22-40/h6-11,16-17,19-23,25-26,32-33,37,42,47-49,55-56H,1,12-15,18,24,27-31,34-35H2,2-5H3/t37-,42+,47-,48+,49+,52+/m0/s1. The van der Waals surface area contributed by atoms with E-state index in [9.17, 15) is 15.0 Å². The maximum Gasteiger partial charge on any atom is 0.410 e. The van der Waals surface area contributed by atoms with Crippen molar-refractivity contribution in [3.8, 4) is 11.5 Å². The first-order chi connectivity index (χ1) is 30.6. The number of methoxy groups -OCH3 is 1. The molecule has 1 amide bonds. The van der Waals surface area contributed by atoms with Gasteiger partial charge in [0.05, 0.1) is 38.5 Å². The SMILES string of the molecule is C=CCO[C@@]12Oc3ccc(OCCSc4ccccc4)cc3[C@H]3[C@H](CCCCO)[C@@H](CCCCO)C=C(C(=NOC(C)(C)C)C[C@@H]1N(Cc1cccc4ccccc14)C(=O)OC)[C@H]32. The largest absolute Gasteiger partial charge is 0.493 e. The van der Waals surface area contributed by atoms with Gasteiger partial charge >= 0.3 is 6.09 Å². The van der Waals surface area contributed by atoms with Crippen molar-refractivity contribution in [1.82, 2.24) is 4.90 Å². The molecule has 0 unspecified atom stereocenters. The number of hydrogen-bond acceptors (Lipinski definition) is 10. The quantitative estimate of drug-likeness (QED) is 0.0387. The molecule has 0 saturated heterocycles. The number of rotatable bonds is 20. The van der Waals surface area contributed by atoms with Crippen LogP contribution in [0.15, 0.2) is 125 Å². The average molecular weight is 877 g/mol. The molecule has 3 aliphatic rings. The lowest BCUT2D eigenvalue weighted by molar-refractivity contribution is -0.256. The molecule has 0 spiro atoms. The van der Waals surface area contributed by atoms with Gasteiger partial charge in [-0.1, -0.05) is 90.8 Å². The molecule has 1 heterocycles. The molecule has 7 rings (SSSR count). The van der Waals surface area contributed by atoms with Crippen LogP contribution in [0.1, 0.15) is 82.8 Å². The van der Waals surface area contributed by atoms with Crippen LogP contribution in [-0.2, 0) is 20.9 Å². The van der Waals surface area contributed by atoms with E-state index in [1.165, 1.54) is 12.0 Å². The topological polar surface area (TPSA) is 119 Å². The van der Waals surface area contributed by atoms with Crippen LogP contribution in [0.3, 0.4) is 0 Å². The van der Waals surface area contributed by atoms with Crippen molar-refractivity contribution in [2.24, 2.45) is 22.9 Å². The lowest BCUT2D eigenvalue weighted by Crippen LogP contribution is -2.70. The van der Waals surface area contributed by atoms with Gasteiger partial charge in [-0.2, -0.15) is 0 Å².